The van der Waals surface area contributed by atoms with E-state index in [1.165, 1.54) is 23.1 Å². The van der Waals surface area contributed by atoms with Gasteiger partial charge in [-0.15, -0.1) is 0 Å². The van der Waals surface area contributed by atoms with Gasteiger partial charge in [0, 0.05) is 13.1 Å². The summed E-state index contributed by atoms with van der Waals surface area (Å²) in [5.74, 6) is 0. The number of benzene rings is 1. The highest BCUT2D eigenvalue weighted by Gasteiger charge is 2.20. The Hall–Kier alpha value is -1.28. The molecule has 1 saturated heterocycles. The molecule has 0 saturated carbocycles. The van der Waals surface area contributed by atoms with E-state index in [0.717, 1.165) is 19.5 Å². The van der Waals surface area contributed by atoms with E-state index >= 15 is 0 Å². The predicted octanol–water partition coefficient (Wildman–Crippen LogP) is 4.93. The molecule has 0 amide bonds. The van der Waals surface area contributed by atoms with Crippen molar-refractivity contribution in [3.8, 4) is 0 Å². The summed E-state index contributed by atoms with van der Waals surface area (Å²) in [6.07, 6.45) is 5.14. The number of nitrogens with zero attached hydrogens (tertiary/aromatic N) is 1. The van der Waals surface area contributed by atoms with Crippen molar-refractivity contribution in [1.29, 1.82) is 0 Å². The summed E-state index contributed by atoms with van der Waals surface area (Å²) in [6.45, 7) is 15.4. The monoisotopic (exact) mass is 315 g/mol. The number of rotatable bonds is 5. The quantitative estimate of drug-likeness (QED) is 0.764. The maximum Gasteiger partial charge on any atom is 0.0726 e. The van der Waals surface area contributed by atoms with E-state index < -0.39 is 0 Å². The van der Waals surface area contributed by atoms with E-state index in [9.17, 15) is 0 Å². The summed E-state index contributed by atoms with van der Waals surface area (Å²) >= 11 is 0. The second-order valence-electron chi connectivity index (χ2n) is 7.80. The molecule has 2 atom stereocenters. The van der Waals surface area contributed by atoms with E-state index in [4.69, 9.17) is 4.74 Å². The van der Waals surface area contributed by atoms with Crippen molar-refractivity contribution in [3.05, 3.63) is 47.2 Å². The highest BCUT2D eigenvalue weighted by Crippen LogP contribution is 2.27. The Morgan fingerprint density at radius 3 is 2.26 bits per heavy atom. The van der Waals surface area contributed by atoms with Crippen molar-refractivity contribution < 1.29 is 4.74 Å². The molecule has 0 aliphatic carbocycles. The molecule has 0 spiro atoms. The van der Waals surface area contributed by atoms with E-state index in [1.54, 1.807) is 0 Å². The Morgan fingerprint density at radius 2 is 1.74 bits per heavy atom. The zero-order chi connectivity index (χ0) is 17.0. The third-order valence-corrected chi connectivity index (χ3v) is 4.95. The van der Waals surface area contributed by atoms with Crippen molar-refractivity contribution in [2.45, 2.75) is 72.0 Å². The van der Waals surface area contributed by atoms with Gasteiger partial charge in [0.1, 0.15) is 0 Å². The summed E-state index contributed by atoms with van der Waals surface area (Å²) < 4.78 is 5.80. The van der Waals surface area contributed by atoms with Crippen LogP contribution in [0.4, 0.5) is 0 Å². The summed E-state index contributed by atoms with van der Waals surface area (Å²) in [5.41, 5.74) is 4.50. The summed E-state index contributed by atoms with van der Waals surface area (Å²) in [7, 11) is 0. The fourth-order valence-corrected chi connectivity index (χ4v) is 3.28. The van der Waals surface area contributed by atoms with Crippen LogP contribution in [0.15, 0.2) is 36.0 Å². The molecule has 2 heteroatoms. The number of hydrogen-bond acceptors (Lipinski definition) is 2. The molecule has 0 unspecified atom stereocenters. The van der Waals surface area contributed by atoms with Gasteiger partial charge in [0.15, 0.2) is 0 Å². The lowest BCUT2D eigenvalue weighted by Crippen LogP contribution is -2.42. The molecule has 1 fully saturated rings. The highest BCUT2D eigenvalue weighted by molar-refractivity contribution is 5.30. The summed E-state index contributed by atoms with van der Waals surface area (Å²) in [4.78, 5) is 2.41. The SMILES string of the molecule is CCC(C)(C)c1ccc(CC(C)=CN2C[C@@H](C)O[C@@H](C)C2)cc1. The van der Waals surface area contributed by atoms with Gasteiger partial charge in [-0.3, -0.25) is 0 Å². The molecular weight excluding hydrogens is 282 g/mol. The Bertz CT molecular complexity index is 519. The Morgan fingerprint density at radius 1 is 1.17 bits per heavy atom. The minimum absolute atomic E-state index is 0.267. The Labute approximate surface area is 142 Å². The second-order valence-corrected chi connectivity index (χ2v) is 7.80. The molecule has 0 radical (unpaired) electrons. The van der Waals surface area contributed by atoms with Gasteiger partial charge in [-0.1, -0.05) is 50.6 Å². The smallest absolute Gasteiger partial charge is 0.0726 e. The molecule has 2 rings (SSSR count). The zero-order valence-electron chi connectivity index (χ0n) is 15.7. The predicted molar refractivity (Wildman–Crippen MR) is 98.8 cm³/mol. The van der Waals surface area contributed by atoms with Gasteiger partial charge < -0.3 is 9.64 Å². The van der Waals surface area contributed by atoms with Gasteiger partial charge in [-0.2, -0.15) is 0 Å². The Balaban J connectivity index is 1.99. The minimum Gasteiger partial charge on any atom is -0.372 e. The van der Waals surface area contributed by atoms with Crippen LogP contribution >= 0.6 is 0 Å². The average molecular weight is 316 g/mol. The molecule has 2 nitrogen and oxygen atoms in total. The van der Waals surface area contributed by atoms with Crippen molar-refractivity contribution >= 4 is 0 Å². The van der Waals surface area contributed by atoms with E-state index in [2.05, 4.69) is 76.9 Å². The lowest BCUT2D eigenvalue weighted by atomic mass is 9.82. The van der Waals surface area contributed by atoms with Gasteiger partial charge in [0.25, 0.3) is 0 Å². The van der Waals surface area contributed by atoms with Crippen molar-refractivity contribution in [2.24, 2.45) is 0 Å². The molecule has 0 bridgehead atoms. The van der Waals surface area contributed by atoms with Crippen LogP contribution < -0.4 is 0 Å². The van der Waals surface area contributed by atoms with E-state index in [-0.39, 0.29) is 5.41 Å². The lowest BCUT2D eigenvalue weighted by molar-refractivity contribution is -0.0543. The van der Waals surface area contributed by atoms with E-state index in [0.29, 0.717) is 12.2 Å². The highest BCUT2D eigenvalue weighted by atomic mass is 16.5. The van der Waals surface area contributed by atoms with Crippen molar-refractivity contribution in [3.63, 3.8) is 0 Å². The van der Waals surface area contributed by atoms with Crippen molar-refractivity contribution in [2.75, 3.05) is 13.1 Å². The third kappa shape index (κ3) is 5.10. The normalized spacial score (nSPS) is 23.2. The Kier molecular flexibility index (Phi) is 5.91. The number of allylic oxidation sites excluding steroid dienone is 1. The fourth-order valence-electron chi connectivity index (χ4n) is 3.28. The van der Waals surface area contributed by atoms with Crippen LogP contribution in [0.25, 0.3) is 0 Å². The van der Waals surface area contributed by atoms with Crippen LogP contribution in [-0.2, 0) is 16.6 Å². The van der Waals surface area contributed by atoms with Crippen LogP contribution in [0.5, 0.6) is 0 Å². The second kappa shape index (κ2) is 7.53. The fraction of sp³-hybridized carbons (Fsp3) is 0.619. The largest absolute Gasteiger partial charge is 0.372 e. The van der Waals surface area contributed by atoms with Gasteiger partial charge in [-0.25, -0.2) is 0 Å². The minimum atomic E-state index is 0.267. The molecule has 0 aromatic heterocycles. The first-order chi connectivity index (χ1) is 10.8. The van der Waals surface area contributed by atoms with E-state index in [1.807, 2.05) is 0 Å². The first-order valence-electron chi connectivity index (χ1n) is 8.96. The summed E-state index contributed by atoms with van der Waals surface area (Å²) in [5, 5.41) is 0. The van der Waals surface area contributed by atoms with Crippen LogP contribution in [0.1, 0.15) is 59.1 Å². The van der Waals surface area contributed by atoms with Crippen LogP contribution in [0.2, 0.25) is 0 Å². The zero-order valence-corrected chi connectivity index (χ0v) is 15.7. The number of ether oxygens (including phenoxy) is 1. The molecule has 0 N–H and O–H groups in total. The van der Waals surface area contributed by atoms with Gasteiger partial charge >= 0.3 is 0 Å². The van der Waals surface area contributed by atoms with Gasteiger partial charge in [-0.05, 0) is 56.4 Å². The maximum absolute atomic E-state index is 5.80. The number of hydrogen-bond donors (Lipinski definition) is 0. The third-order valence-electron chi connectivity index (χ3n) is 4.95. The van der Waals surface area contributed by atoms with Crippen molar-refractivity contribution in [1.82, 2.24) is 4.90 Å². The average Bonchev–Trinajstić information content (AvgIpc) is 2.46. The van der Waals surface area contributed by atoms with Crippen LogP contribution in [0.3, 0.4) is 0 Å². The van der Waals surface area contributed by atoms with Gasteiger partial charge in [0.2, 0.25) is 0 Å². The molecule has 1 aromatic rings. The van der Waals surface area contributed by atoms with Crippen LogP contribution in [0, 0.1) is 0 Å². The molecule has 128 valence electrons. The molecule has 1 aromatic carbocycles. The topological polar surface area (TPSA) is 12.5 Å². The molecule has 1 heterocycles. The van der Waals surface area contributed by atoms with Gasteiger partial charge in [0.05, 0.1) is 12.2 Å². The molecular formula is C21H33NO. The van der Waals surface area contributed by atoms with Crippen LogP contribution in [-0.4, -0.2) is 30.2 Å². The summed E-state index contributed by atoms with van der Waals surface area (Å²) in [6, 6.07) is 9.17. The molecule has 1 aliphatic heterocycles. The number of morpholine rings is 1. The molecule has 23 heavy (non-hydrogen) atoms. The first-order valence-corrected chi connectivity index (χ1v) is 8.96. The first kappa shape index (κ1) is 18.1. The standard InChI is InChI=1S/C21H33NO/c1-7-21(5,6)20-10-8-19(9-11-20)12-16(2)13-22-14-17(3)23-18(4)15-22/h8-11,13,17-18H,7,12,14-15H2,1-6H3/t17-,18+. The lowest BCUT2D eigenvalue weighted by Gasteiger charge is -2.35. The maximum atomic E-state index is 5.80. The molecule has 1 aliphatic rings.